The van der Waals surface area contributed by atoms with Crippen molar-refractivity contribution in [2.75, 3.05) is 0 Å². The largest absolute Gasteiger partial charge is 0.426 e. The van der Waals surface area contributed by atoms with Crippen LogP contribution in [0.15, 0.2) is 30.3 Å². The van der Waals surface area contributed by atoms with Crippen LogP contribution in [0.5, 0.6) is 0 Å². The third-order valence-electron chi connectivity index (χ3n) is 2.30. The van der Waals surface area contributed by atoms with Gasteiger partial charge in [-0.2, -0.15) is 0 Å². The van der Waals surface area contributed by atoms with E-state index in [0.29, 0.717) is 0 Å². The van der Waals surface area contributed by atoms with Gasteiger partial charge in [0.1, 0.15) is 6.10 Å². The van der Waals surface area contributed by atoms with Crippen molar-refractivity contribution in [2.45, 2.75) is 25.7 Å². The van der Waals surface area contributed by atoms with Crippen molar-refractivity contribution in [1.82, 2.24) is 0 Å². The van der Waals surface area contributed by atoms with Gasteiger partial charge in [-0.1, -0.05) is 30.3 Å². The lowest BCUT2D eigenvalue weighted by molar-refractivity contribution is -0.157. The van der Waals surface area contributed by atoms with Crippen LogP contribution in [-0.2, 0) is 20.1 Å². The smallest absolute Gasteiger partial charge is 0.305 e. The molecule has 1 aromatic rings. The van der Waals surface area contributed by atoms with Gasteiger partial charge in [-0.15, -0.1) is 0 Å². The highest BCUT2D eigenvalue weighted by Gasteiger charge is 2.58. The summed E-state index contributed by atoms with van der Waals surface area (Å²) in [6, 6.07) is 9.50. The molecule has 0 radical (unpaired) electrons. The van der Waals surface area contributed by atoms with Crippen LogP contribution in [0.25, 0.3) is 0 Å². The van der Waals surface area contributed by atoms with Gasteiger partial charge in [0.05, 0.1) is 0 Å². The minimum atomic E-state index is -0.826. The molecule has 1 saturated heterocycles. The van der Waals surface area contributed by atoms with Crippen molar-refractivity contribution >= 4 is 5.97 Å². The van der Waals surface area contributed by atoms with E-state index in [9.17, 15) is 4.79 Å². The second-order valence-corrected chi connectivity index (χ2v) is 3.39. The quantitative estimate of drug-likeness (QED) is 0.530. The molecule has 1 aliphatic heterocycles. The lowest BCUT2D eigenvalue weighted by Crippen LogP contribution is -2.19. The van der Waals surface area contributed by atoms with E-state index in [1.165, 1.54) is 6.92 Å². The van der Waals surface area contributed by atoms with Crippen LogP contribution in [0.2, 0.25) is 0 Å². The number of carbonyl (C=O) groups is 1. The Labute approximate surface area is 82.6 Å². The molecule has 74 valence electrons. The molecule has 2 rings (SSSR count). The summed E-state index contributed by atoms with van der Waals surface area (Å²) >= 11 is 0. The van der Waals surface area contributed by atoms with Crippen molar-refractivity contribution in [1.29, 1.82) is 0 Å². The molecule has 1 aliphatic rings. The van der Waals surface area contributed by atoms with Crippen LogP contribution in [0.3, 0.4) is 0 Å². The number of benzene rings is 1. The molecule has 1 heterocycles. The van der Waals surface area contributed by atoms with Crippen molar-refractivity contribution in [2.24, 2.45) is 0 Å². The Bertz CT molecular complexity index is 347. The van der Waals surface area contributed by atoms with Gasteiger partial charge in [0, 0.05) is 12.5 Å². The Morgan fingerprint density at radius 3 is 2.43 bits per heavy atom. The highest BCUT2D eigenvalue weighted by atomic mass is 16.8. The molecule has 0 N–H and O–H groups in total. The van der Waals surface area contributed by atoms with Crippen LogP contribution >= 0.6 is 0 Å². The highest BCUT2D eigenvalue weighted by molar-refractivity contribution is 5.67. The monoisotopic (exact) mass is 192 g/mol. The summed E-state index contributed by atoms with van der Waals surface area (Å²) in [5.41, 5.74) is 0.891. The molecule has 0 spiro atoms. The molecule has 0 aliphatic carbocycles. The average molecular weight is 192 g/mol. The minimum absolute atomic E-state index is 0.0613. The lowest BCUT2D eigenvalue weighted by Gasteiger charge is -2.12. The van der Waals surface area contributed by atoms with Gasteiger partial charge < -0.3 is 9.47 Å². The van der Waals surface area contributed by atoms with Gasteiger partial charge in [-0.25, -0.2) is 0 Å². The molecule has 14 heavy (non-hydrogen) atoms. The first-order chi connectivity index (χ1) is 6.65. The number of epoxide rings is 1. The second-order valence-electron chi connectivity index (χ2n) is 3.39. The zero-order valence-corrected chi connectivity index (χ0v) is 8.19. The predicted molar refractivity (Wildman–Crippen MR) is 50.4 cm³/mol. The Hall–Kier alpha value is -1.35. The van der Waals surface area contributed by atoms with E-state index in [2.05, 4.69) is 0 Å². The molecule has 0 unspecified atom stereocenters. The van der Waals surface area contributed by atoms with Crippen molar-refractivity contribution in [3.05, 3.63) is 35.9 Å². The summed E-state index contributed by atoms with van der Waals surface area (Å²) in [6.45, 7) is 3.27. The minimum Gasteiger partial charge on any atom is -0.426 e. The molecule has 0 aromatic heterocycles. The highest BCUT2D eigenvalue weighted by Crippen LogP contribution is 2.46. The molecule has 3 heteroatoms. The molecule has 2 atom stereocenters. The van der Waals surface area contributed by atoms with Gasteiger partial charge in [-0.3, -0.25) is 4.79 Å². The van der Waals surface area contributed by atoms with Gasteiger partial charge >= 0.3 is 5.97 Å². The zero-order valence-electron chi connectivity index (χ0n) is 8.19. The summed E-state index contributed by atoms with van der Waals surface area (Å²) in [5.74, 6) is -1.15. The lowest BCUT2D eigenvalue weighted by atomic mass is 10.1. The number of ether oxygens (including phenoxy) is 2. The van der Waals surface area contributed by atoms with E-state index >= 15 is 0 Å². The van der Waals surface area contributed by atoms with Crippen molar-refractivity contribution in [3.63, 3.8) is 0 Å². The van der Waals surface area contributed by atoms with Gasteiger partial charge in [0.2, 0.25) is 0 Å². The summed E-state index contributed by atoms with van der Waals surface area (Å²) in [5, 5.41) is 0. The fraction of sp³-hybridized carbons (Fsp3) is 0.364. The molecule has 1 aromatic carbocycles. The summed E-state index contributed by atoms with van der Waals surface area (Å²) in [7, 11) is 0. The van der Waals surface area contributed by atoms with Crippen LogP contribution in [0, 0.1) is 0 Å². The van der Waals surface area contributed by atoms with Gasteiger partial charge in [0.15, 0.2) is 0 Å². The average Bonchev–Trinajstić information content (AvgIpc) is 2.78. The summed E-state index contributed by atoms with van der Waals surface area (Å²) in [4.78, 5) is 10.9. The molecule has 1 fully saturated rings. The summed E-state index contributed by atoms with van der Waals surface area (Å²) in [6.07, 6.45) is -0.0613. The first kappa shape index (κ1) is 9.21. The van der Waals surface area contributed by atoms with E-state index in [1.54, 1.807) is 0 Å². The van der Waals surface area contributed by atoms with Crippen LogP contribution in [0.1, 0.15) is 19.4 Å². The standard InChI is InChI=1S/C11H12O3/c1-8-11(13-8,14-9(2)12)10-6-4-3-5-7-10/h3-8H,1-2H3/t8-,11-/m1/s1. The van der Waals surface area contributed by atoms with Crippen LogP contribution in [0.4, 0.5) is 0 Å². The number of carbonyl (C=O) groups excluding carboxylic acids is 1. The fourth-order valence-electron chi connectivity index (χ4n) is 1.58. The normalized spacial score (nSPS) is 29.7. The SMILES string of the molecule is CC(=O)O[C@]1(c2ccccc2)O[C@@H]1C. The first-order valence-electron chi connectivity index (χ1n) is 4.58. The zero-order chi connectivity index (χ0) is 10.2. The van der Waals surface area contributed by atoms with Crippen molar-refractivity contribution in [3.8, 4) is 0 Å². The maximum Gasteiger partial charge on any atom is 0.305 e. The second kappa shape index (κ2) is 3.10. The predicted octanol–water partition coefficient (Wildman–Crippen LogP) is 1.82. The third-order valence-corrected chi connectivity index (χ3v) is 2.30. The van der Waals surface area contributed by atoms with Crippen molar-refractivity contribution < 1.29 is 14.3 Å². The number of hydrogen-bond donors (Lipinski definition) is 0. The molecule has 0 saturated carbocycles. The van der Waals surface area contributed by atoms with E-state index in [4.69, 9.17) is 9.47 Å². The Morgan fingerprint density at radius 2 is 2.00 bits per heavy atom. The van der Waals surface area contributed by atoms with E-state index in [1.807, 2.05) is 37.3 Å². The number of esters is 1. The Balaban J connectivity index is 2.27. The van der Waals surface area contributed by atoms with Crippen LogP contribution in [-0.4, -0.2) is 12.1 Å². The number of hydrogen-bond acceptors (Lipinski definition) is 3. The third kappa shape index (κ3) is 1.40. The Kier molecular flexibility index (Phi) is 2.04. The van der Waals surface area contributed by atoms with Crippen LogP contribution < -0.4 is 0 Å². The molecule has 3 nitrogen and oxygen atoms in total. The molecular weight excluding hydrogens is 180 g/mol. The van der Waals surface area contributed by atoms with E-state index in [0.717, 1.165) is 5.56 Å². The van der Waals surface area contributed by atoms with E-state index in [-0.39, 0.29) is 12.1 Å². The fourth-order valence-corrected chi connectivity index (χ4v) is 1.58. The van der Waals surface area contributed by atoms with E-state index < -0.39 is 5.79 Å². The van der Waals surface area contributed by atoms with Gasteiger partial charge in [-0.05, 0) is 6.92 Å². The maximum atomic E-state index is 10.9. The molecule has 0 amide bonds. The molecule has 0 bridgehead atoms. The first-order valence-corrected chi connectivity index (χ1v) is 4.58. The summed E-state index contributed by atoms with van der Waals surface area (Å²) < 4.78 is 10.5. The number of rotatable bonds is 2. The topological polar surface area (TPSA) is 38.8 Å². The molecular formula is C11H12O3. The maximum absolute atomic E-state index is 10.9. The Morgan fingerprint density at radius 1 is 1.43 bits per heavy atom. The van der Waals surface area contributed by atoms with Gasteiger partial charge in [0.25, 0.3) is 5.79 Å².